The topological polar surface area (TPSA) is 95.2 Å². The zero-order valence-electron chi connectivity index (χ0n) is 8.79. The summed E-state index contributed by atoms with van der Waals surface area (Å²) in [4.78, 5) is 0. The Hall–Kier alpha value is -2.82. The van der Waals surface area contributed by atoms with Crippen LogP contribution in [0.2, 0.25) is 0 Å². The smallest absolute Gasteiger partial charge is 0.102 e. The van der Waals surface area contributed by atoms with Crippen molar-refractivity contribution < 1.29 is 0 Å². The fourth-order valence-electron chi connectivity index (χ4n) is 1.59. The summed E-state index contributed by atoms with van der Waals surface area (Å²) in [6.45, 7) is 3.21. The van der Waals surface area contributed by atoms with Crippen LogP contribution in [-0.4, -0.2) is 0 Å². The normalized spacial score (nSPS) is 8.38. The lowest BCUT2D eigenvalue weighted by molar-refractivity contribution is 1.25. The first-order valence-electron chi connectivity index (χ1n) is 4.39. The molecule has 0 aliphatic heterocycles. The van der Waals surface area contributed by atoms with Crippen molar-refractivity contribution in [3.8, 4) is 24.3 Å². The van der Waals surface area contributed by atoms with E-state index in [9.17, 15) is 0 Å². The molecule has 0 N–H and O–H groups in total. The molecule has 0 aromatic heterocycles. The van der Waals surface area contributed by atoms with Crippen LogP contribution in [0.5, 0.6) is 0 Å². The predicted molar refractivity (Wildman–Crippen MR) is 54.8 cm³/mol. The van der Waals surface area contributed by atoms with Crippen molar-refractivity contribution in [3.05, 3.63) is 33.4 Å². The van der Waals surface area contributed by atoms with Gasteiger partial charge < -0.3 is 0 Å². The Morgan fingerprint density at radius 3 is 1.12 bits per heavy atom. The lowest BCUT2D eigenvalue weighted by Gasteiger charge is -2.08. The molecule has 0 aliphatic carbocycles. The van der Waals surface area contributed by atoms with Crippen LogP contribution in [0.15, 0.2) is 0 Å². The van der Waals surface area contributed by atoms with Crippen molar-refractivity contribution in [1.29, 1.82) is 21.0 Å². The van der Waals surface area contributed by atoms with Gasteiger partial charge in [0.1, 0.15) is 18.2 Å². The molecule has 0 amide bonds. The molecule has 0 radical (unpaired) electrons. The van der Waals surface area contributed by atoms with E-state index < -0.39 is 0 Å². The van der Waals surface area contributed by atoms with E-state index in [2.05, 4.69) is 0 Å². The molecule has 0 heterocycles. The van der Waals surface area contributed by atoms with Gasteiger partial charge >= 0.3 is 0 Å². The molecule has 1 rings (SSSR count). The molecule has 4 heteroatoms. The van der Waals surface area contributed by atoms with Gasteiger partial charge in [0.05, 0.1) is 28.3 Å². The molecule has 74 valence electrons. The summed E-state index contributed by atoms with van der Waals surface area (Å²) < 4.78 is 0. The number of hydrogen-bond donors (Lipinski definition) is 0. The third kappa shape index (κ3) is 1.36. The molecule has 16 heavy (non-hydrogen) atoms. The van der Waals surface area contributed by atoms with Gasteiger partial charge in [0.25, 0.3) is 0 Å². The van der Waals surface area contributed by atoms with Crippen molar-refractivity contribution in [3.63, 3.8) is 0 Å². The fraction of sp³-hybridized carbons (Fsp3) is 0.167. The molecule has 0 aliphatic rings. The SMILES string of the molecule is Cc1c(C#N)c(C)c(C#N)c(C#N)c1C#N. The molecule has 1 aromatic rings. The Morgan fingerprint density at radius 1 is 0.562 bits per heavy atom. The fourth-order valence-corrected chi connectivity index (χ4v) is 1.59. The van der Waals surface area contributed by atoms with Crippen molar-refractivity contribution in [2.75, 3.05) is 0 Å². The highest BCUT2D eigenvalue weighted by molar-refractivity contribution is 5.66. The average Bonchev–Trinajstić information content (AvgIpc) is 2.29. The van der Waals surface area contributed by atoms with Crippen LogP contribution < -0.4 is 0 Å². The molecule has 0 unspecified atom stereocenters. The van der Waals surface area contributed by atoms with Crippen molar-refractivity contribution in [2.24, 2.45) is 0 Å². The second kappa shape index (κ2) is 4.14. The van der Waals surface area contributed by atoms with Gasteiger partial charge in [-0.3, -0.25) is 0 Å². The van der Waals surface area contributed by atoms with E-state index >= 15 is 0 Å². The maximum atomic E-state index is 8.95. The highest BCUT2D eigenvalue weighted by Crippen LogP contribution is 2.25. The second-order valence-electron chi connectivity index (χ2n) is 3.20. The lowest BCUT2D eigenvalue weighted by atomic mass is 9.89. The highest BCUT2D eigenvalue weighted by Gasteiger charge is 2.19. The minimum Gasteiger partial charge on any atom is -0.192 e. The van der Waals surface area contributed by atoms with E-state index in [0.29, 0.717) is 16.7 Å². The summed E-state index contributed by atoms with van der Waals surface area (Å²) in [6.07, 6.45) is 0. The molecule has 0 saturated carbocycles. The lowest BCUT2D eigenvalue weighted by Crippen LogP contribution is -2.01. The van der Waals surface area contributed by atoms with Gasteiger partial charge in [-0.05, 0) is 25.0 Å². The minimum atomic E-state index is 0.0546. The van der Waals surface area contributed by atoms with Crippen LogP contribution in [0.3, 0.4) is 0 Å². The Morgan fingerprint density at radius 2 is 0.875 bits per heavy atom. The molecule has 4 nitrogen and oxygen atoms in total. The summed E-state index contributed by atoms with van der Waals surface area (Å²) in [5.74, 6) is 0. The monoisotopic (exact) mass is 206 g/mol. The van der Waals surface area contributed by atoms with Gasteiger partial charge in [0, 0.05) is 0 Å². The number of hydrogen-bond acceptors (Lipinski definition) is 4. The zero-order valence-corrected chi connectivity index (χ0v) is 8.79. The van der Waals surface area contributed by atoms with Gasteiger partial charge in [-0.25, -0.2) is 0 Å². The number of nitrogens with zero attached hydrogens (tertiary/aromatic N) is 4. The number of benzene rings is 1. The molecule has 0 fully saturated rings. The summed E-state index contributed by atoms with van der Waals surface area (Å²) in [7, 11) is 0. The van der Waals surface area contributed by atoms with E-state index in [1.54, 1.807) is 13.8 Å². The van der Waals surface area contributed by atoms with Gasteiger partial charge in [0.2, 0.25) is 0 Å². The standard InChI is InChI=1S/C12H6N4/c1-7-9(3-13)8(2)11(5-15)12(6-16)10(7)4-14/h1-2H3. The third-order valence-electron chi connectivity index (χ3n) is 2.45. The first-order valence-corrected chi connectivity index (χ1v) is 4.39. The van der Waals surface area contributed by atoms with Crippen molar-refractivity contribution in [1.82, 2.24) is 0 Å². The quantitative estimate of drug-likeness (QED) is 0.646. The highest BCUT2D eigenvalue weighted by atomic mass is 14.3. The van der Waals surface area contributed by atoms with Crippen molar-refractivity contribution >= 4 is 0 Å². The summed E-state index contributed by atoms with van der Waals surface area (Å²) in [5, 5.41) is 35.8. The minimum absolute atomic E-state index is 0.0546. The molecule has 0 bridgehead atoms. The summed E-state index contributed by atoms with van der Waals surface area (Å²) in [5.41, 5.74) is 1.49. The van der Waals surface area contributed by atoms with E-state index in [4.69, 9.17) is 21.0 Å². The first-order chi connectivity index (χ1) is 7.62. The van der Waals surface area contributed by atoms with Crippen LogP contribution >= 0.6 is 0 Å². The first kappa shape index (κ1) is 11.3. The molecular formula is C12H6N4. The number of nitriles is 4. The average molecular weight is 206 g/mol. The van der Waals surface area contributed by atoms with Gasteiger partial charge in [-0.1, -0.05) is 0 Å². The van der Waals surface area contributed by atoms with Crippen LogP contribution in [0.25, 0.3) is 0 Å². The summed E-state index contributed by atoms with van der Waals surface area (Å²) >= 11 is 0. The van der Waals surface area contributed by atoms with Gasteiger partial charge in [-0.15, -0.1) is 0 Å². The van der Waals surface area contributed by atoms with Crippen LogP contribution in [0.4, 0.5) is 0 Å². The largest absolute Gasteiger partial charge is 0.192 e. The Balaban J connectivity index is 3.99. The molecule has 1 aromatic carbocycles. The van der Waals surface area contributed by atoms with Crippen molar-refractivity contribution in [2.45, 2.75) is 13.8 Å². The van der Waals surface area contributed by atoms with Gasteiger partial charge in [-0.2, -0.15) is 21.0 Å². The van der Waals surface area contributed by atoms with Crippen LogP contribution in [0.1, 0.15) is 33.4 Å². The molecular weight excluding hydrogens is 200 g/mol. The van der Waals surface area contributed by atoms with E-state index in [0.717, 1.165) is 0 Å². The van der Waals surface area contributed by atoms with Crippen LogP contribution in [-0.2, 0) is 0 Å². The second-order valence-corrected chi connectivity index (χ2v) is 3.20. The molecule has 0 atom stereocenters. The van der Waals surface area contributed by atoms with E-state index in [1.165, 1.54) is 0 Å². The zero-order chi connectivity index (χ0) is 12.3. The summed E-state index contributed by atoms with van der Waals surface area (Å²) in [6, 6.07) is 7.53. The Labute approximate surface area is 93.2 Å². The van der Waals surface area contributed by atoms with Crippen LogP contribution in [0, 0.1) is 59.2 Å². The van der Waals surface area contributed by atoms with E-state index in [-0.39, 0.29) is 16.7 Å². The predicted octanol–water partition coefficient (Wildman–Crippen LogP) is 1.79. The number of rotatable bonds is 0. The Bertz CT molecular complexity index is 586. The molecule has 0 saturated heterocycles. The maximum absolute atomic E-state index is 8.95. The van der Waals surface area contributed by atoms with E-state index in [1.807, 2.05) is 24.3 Å². The third-order valence-corrected chi connectivity index (χ3v) is 2.45. The maximum Gasteiger partial charge on any atom is 0.102 e. The Kier molecular flexibility index (Phi) is 2.91. The molecule has 0 spiro atoms. The van der Waals surface area contributed by atoms with Gasteiger partial charge in [0.15, 0.2) is 0 Å².